The van der Waals surface area contributed by atoms with Gasteiger partial charge in [0.05, 0.1) is 11.4 Å². The van der Waals surface area contributed by atoms with Crippen molar-refractivity contribution in [1.82, 2.24) is 9.47 Å². The summed E-state index contributed by atoms with van der Waals surface area (Å²) in [4.78, 5) is 25.0. The molecule has 1 amide bonds. The normalized spacial score (nSPS) is 15.6. The molecule has 146 valence electrons. The van der Waals surface area contributed by atoms with Crippen LogP contribution in [0.4, 0.5) is 4.39 Å². The fourth-order valence-corrected chi connectivity index (χ4v) is 4.49. The van der Waals surface area contributed by atoms with E-state index in [1.54, 1.807) is 24.3 Å². The quantitative estimate of drug-likeness (QED) is 0.491. The first-order valence-corrected chi connectivity index (χ1v) is 9.95. The van der Waals surface area contributed by atoms with Gasteiger partial charge in [-0.1, -0.05) is 60.4 Å². The Kier molecular flexibility index (Phi) is 5.21. The molecule has 1 saturated heterocycles. The molecule has 0 saturated carbocycles. The van der Waals surface area contributed by atoms with Crippen LogP contribution in [0.2, 0.25) is 0 Å². The van der Waals surface area contributed by atoms with Gasteiger partial charge >= 0.3 is 5.97 Å². The molecule has 1 aliphatic rings. The number of carbonyl (C=O) groups is 2. The number of carboxylic acids is 1. The van der Waals surface area contributed by atoms with Gasteiger partial charge in [-0.25, -0.2) is 4.39 Å². The van der Waals surface area contributed by atoms with Crippen molar-refractivity contribution in [3.05, 3.63) is 76.6 Å². The monoisotopic (exact) mass is 426 g/mol. The van der Waals surface area contributed by atoms with E-state index in [0.717, 1.165) is 33.1 Å². The summed E-state index contributed by atoms with van der Waals surface area (Å²) < 4.78 is 16.3. The zero-order valence-corrected chi connectivity index (χ0v) is 16.7. The summed E-state index contributed by atoms with van der Waals surface area (Å²) in [7, 11) is 0. The van der Waals surface area contributed by atoms with Gasteiger partial charge in [-0.3, -0.25) is 14.5 Å². The molecule has 3 aromatic rings. The average Bonchev–Trinajstić information content (AvgIpc) is 3.16. The lowest BCUT2D eigenvalue weighted by atomic mass is 10.1. The Hall–Kier alpha value is -2.97. The van der Waals surface area contributed by atoms with Crippen LogP contribution in [-0.4, -0.2) is 37.3 Å². The largest absolute Gasteiger partial charge is 0.480 e. The van der Waals surface area contributed by atoms with E-state index in [-0.39, 0.29) is 10.1 Å². The van der Waals surface area contributed by atoms with E-state index in [1.165, 1.54) is 6.07 Å². The Balaban J connectivity index is 1.73. The van der Waals surface area contributed by atoms with E-state index in [0.29, 0.717) is 17.0 Å². The van der Waals surface area contributed by atoms with Gasteiger partial charge in [0.15, 0.2) is 0 Å². The minimum atomic E-state index is -1.12. The average molecular weight is 426 g/mol. The Morgan fingerprint density at radius 2 is 1.90 bits per heavy atom. The first-order chi connectivity index (χ1) is 13.9. The number of nitrogens with zero attached hydrogens (tertiary/aromatic N) is 2. The Labute approximate surface area is 175 Å². The number of aromatic nitrogens is 1. The SMILES string of the molecule is O=C(O)CN1C(=O)C(=Cc2cn(Cc3ccccc3F)c3ccccc23)SC1=S. The van der Waals surface area contributed by atoms with E-state index in [4.69, 9.17) is 17.3 Å². The molecule has 0 atom stereocenters. The zero-order valence-electron chi connectivity index (χ0n) is 15.0. The van der Waals surface area contributed by atoms with Crippen molar-refractivity contribution >= 4 is 57.2 Å². The summed E-state index contributed by atoms with van der Waals surface area (Å²) in [5.41, 5.74) is 2.25. The molecule has 29 heavy (non-hydrogen) atoms. The van der Waals surface area contributed by atoms with Gasteiger partial charge in [0.2, 0.25) is 0 Å². The number of para-hydroxylation sites is 1. The minimum absolute atomic E-state index is 0.221. The standard InChI is InChI=1S/C21H15FN2O3S2/c22-16-7-3-1-5-13(16)10-23-11-14(15-6-2-4-8-17(15)23)9-18-20(27)24(12-19(25)26)21(28)29-18/h1-9,11H,10,12H2,(H,25,26). The van der Waals surface area contributed by atoms with Crippen molar-refractivity contribution in [2.24, 2.45) is 0 Å². The second-order valence-electron chi connectivity index (χ2n) is 6.48. The number of thioether (sulfide) groups is 1. The number of carbonyl (C=O) groups excluding carboxylic acids is 1. The second kappa shape index (κ2) is 7.81. The molecule has 0 spiro atoms. The molecule has 0 bridgehead atoms. The zero-order chi connectivity index (χ0) is 20.5. The second-order valence-corrected chi connectivity index (χ2v) is 8.16. The van der Waals surface area contributed by atoms with Crippen molar-refractivity contribution in [2.45, 2.75) is 6.54 Å². The highest BCUT2D eigenvalue weighted by Gasteiger charge is 2.33. The van der Waals surface area contributed by atoms with Crippen LogP contribution in [0, 0.1) is 5.82 Å². The Morgan fingerprint density at radius 1 is 1.17 bits per heavy atom. The molecule has 8 heteroatoms. The summed E-state index contributed by atoms with van der Waals surface area (Å²) in [5, 5.41) is 9.89. The van der Waals surface area contributed by atoms with Gasteiger partial charge in [0.1, 0.15) is 16.7 Å². The number of carboxylic acid groups (broad SMARTS) is 1. The highest BCUT2D eigenvalue weighted by atomic mass is 32.2. The van der Waals surface area contributed by atoms with Gasteiger partial charge in [-0.2, -0.15) is 0 Å². The molecular formula is C21H15FN2O3S2. The number of halogens is 1. The molecule has 2 heterocycles. The maximum absolute atomic E-state index is 14.1. The van der Waals surface area contributed by atoms with E-state index in [1.807, 2.05) is 35.0 Å². The smallest absolute Gasteiger partial charge is 0.323 e. The minimum Gasteiger partial charge on any atom is -0.480 e. The van der Waals surface area contributed by atoms with Gasteiger partial charge in [-0.05, 0) is 18.2 Å². The van der Waals surface area contributed by atoms with Crippen LogP contribution in [0.3, 0.4) is 0 Å². The van der Waals surface area contributed by atoms with E-state index in [2.05, 4.69) is 0 Å². The molecule has 1 fully saturated rings. The predicted octanol–water partition coefficient (Wildman–Crippen LogP) is 4.11. The van der Waals surface area contributed by atoms with Gasteiger partial charge in [-0.15, -0.1) is 0 Å². The number of amides is 1. The van der Waals surface area contributed by atoms with Crippen molar-refractivity contribution in [3.8, 4) is 0 Å². The highest BCUT2D eigenvalue weighted by Crippen LogP contribution is 2.34. The topological polar surface area (TPSA) is 62.5 Å². The number of benzene rings is 2. The number of hydrogen-bond acceptors (Lipinski definition) is 4. The molecular weight excluding hydrogens is 411 g/mol. The fraction of sp³-hybridized carbons (Fsp3) is 0.0952. The number of rotatable bonds is 5. The lowest BCUT2D eigenvalue weighted by Crippen LogP contribution is -2.33. The van der Waals surface area contributed by atoms with Crippen molar-refractivity contribution in [3.63, 3.8) is 0 Å². The summed E-state index contributed by atoms with van der Waals surface area (Å²) in [6, 6.07) is 14.3. The molecule has 0 aliphatic carbocycles. The number of hydrogen-bond donors (Lipinski definition) is 1. The molecule has 1 aliphatic heterocycles. The molecule has 0 radical (unpaired) electrons. The summed E-state index contributed by atoms with van der Waals surface area (Å²) in [6.07, 6.45) is 3.57. The number of thiocarbonyl (C=S) groups is 1. The van der Waals surface area contributed by atoms with Crippen LogP contribution in [0.1, 0.15) is 11.1 Å². The summed E-state index contributed by atoms with van der Waals surface area (Å²) in [5.74, 6) is -1.82. The number of aliphatic carboxylic acids is 1. The fourth-order valence-electron chi connectivity index (χ4n) is 3.24. The van der Waals surface area contributed by atoms with Crippen LogP contribution >= 0.6 is 24.0 Å². The summed E-state index contributed by atoms with van der Waals surface area (Å²) >= 11 is 6.23. The van der Waals surface area contributed by atoms with Crippen LogP contribution in [0.25, 0.3) is 17.0 Å². The summed E-state index contributed by atoms with van der Waals surface area (Å²) in [6.45, 7) is -0.113. The van der Waals surface area contributed by atoms with Crippen molar-refractivity contribution < 1.29 is 19.1 Å². The Bertz CT molecular complexity index is 1190. The van der Waals surface area contributed by atoms with E-state index < -0.39 is 18.4 Å². The van der Waals surface area contributed by atoms with Crippen LogP contribution in [0.15, 0.2) is 59.6 Å². The van der Waals surface area contributed by atoms with Crippen molar-refractivity contribution in [1.29, 1.82) is 0 Å². The first kappa shape index (κ1) is 19.4. The highest BCUT2D eigenvalue weighted by molar-refractivity contribution is 8.26. The van der Waals surface area contributed by atoms with Gasteiger partial charge < -0.3 is 9.67 Å². The van der Waals surface area contributed by atoms with Crippen LogP contribution < -0.4 is 0 Å². The third-order valence-electron chi connectivity index (χ3n) is 4.57. The van der Waals surface area contributed by atoms with Gasteiger partial charge in [0.25, 0.3) is 5.91 Å². The third kappa shape index (κ3) is 3.81. The maximum atomic E-state index is 14.1. The first-order valence-electron chi connectivity index (χ1n) is 8.72. The van der Waals surface area contributed by atoms with E-state index >= 15 is 0 Å². The molecule has 1 N–H and O–H groups in total. The maximum Gasteiger partial charge on any atom is 0.323 e. The molecule has 0 unspecified atom stereocenters. The lowest BCUT2D eigenvalue weighted by Gasteiger charge is -2.10. The molecule has 2 aromatic carbocycles. The number of fused-ring (bicyclic) bond motifs is 1. The van der Waals surface area contributed by atoms with Crippen LogP contribution in [-0.2, 0) is 16.1 Å². The van der Waals surface area contributed by atoms with E-state index in [9.17, 15) is 14.0 Å². The lowest BCUT2D eigenvalue weighted by molar-refractivity contribution is -0.140. The van der Waals surface area contributed by atoms with Crippen molar-refractivity contribution in [2.75, 3.05) is 6.54 Å². The molecule has 4 rings (SSSR count). The molecule has 5 nitrogen and oxygen atoms in total. The Morgan fingerprint density at radius 3 is 2.66 bits per heavy atom. The third-order valence-corrected chi connectivity index (χ3v) is 5.95. The molecule has 1 aromatic heterocycles. The predicted molar refractivity (Wildman–Crippen MR) is 115 cm³/mol. The van der Waals surface area contributed by atoms with Gasteiger partial charge in [0, 0.05) is 28.2 Å². The van der Waals surface area contributed by atoms with Crippen LogP contribution in [0.5, 0.6) is 0 Å².